The Morgan fingerprint density at radius 1 is 1.62 bits per heavy atom. The number of aromatic carboxylic acids is 1. The maximum absolute atomic E-state index is 10.6. The Morgan fingerprint density at radius 2 is 2.31 bits per heavy atom. The molecule has 0 spiro atoms. The summed E-state index contributed by atoms with van der Waals surface area (Å²) in [5.41, 5.74) is 1.28. The van der Waals surface area contributed by atoms with Crippen molar-refractivity contribution in [2.75, 3.05) is 0 Å². The summed E-state index contributed by atoms with van der Waals surface area (Å²) in [5, 5.41) is 18.3. The molecule has 5 heteroatoms. The average molecular weight is 202 g/mol. The SMILES string of the molecule is O=C(O)c1[nH]c2c(c1Cl)[C@@H](O)CC2. The van der Waals surface area contributed by atoms with Gasteiger partial charge in [0.1, 0.15) is 5.69 Å². The monoisotopic (exact) mass is 201 g/mol. The predicted molar refractivity (Wildman–Crippen MR) is 46.0 cm³/mol. The third kappa shape index (κ3) is 1.14. The summed E-state index contributed by atoms with van der Waals surface area (Å²) in [6.07, 6.45) is 0.649. The van der Waals surface area contributed by atoms with E-state index in [0.717, 1.165) is 5.69 Å². The molecule has 0 saturated heterocycles. The van der Waals surface area contributed by atoms with E-state index in [-0.39, 0.29) is 10.7 Å². The fraction of sp³-hybridized carbons (Fsp3) is 0.375. The molecule has 0 aromatic carbocycles. The van der Waals surface area contributed by atoms with Gasteiger partial charge in [0.15, 0.2) is 0 Å². The van der Waals surface area contributed by atoms with Gasteiger partial charge >= 0.3 is 5.97 Å². The number of carboxylic acid groups (broad SMARTS) is 1. The highest BCUT2D eigenvalue weighted by molar-refractivity contribution is 6.34. The van der Waals surface area contributed by atoms with Crippen molar-refractivity contribution in [3.8, 4) is 0 Å². The summed E-state index contributed by atoms with van der Waals surface area (Å²) < 4.78 is 0. The quantitative estimate of drug-likeness (QED) is 0.642. The van der Waals surface area contributed by atoms with Crippen molar-refractivity contribution in [2.24, 2.45) is 0 Å². The standard InChI is InChI=1S/C8H8ClNO3/c9-6-5-3(1-2-4(5)11)10-7(6)8(12)13/h4,10-11H,1-2H2,(H,12,13)/t4-/m0/s1. The highest BCUT2D eigenvalue weighted by Gasteiger charge is 2.29. The zero-order chi connectivity index (χ0) is 9.59. The molecular formula is C8H8ClNO3. The second-order valence-electron chi connectivity index (χ2n) is 3.07. The van der Waals surface area contributed by atoms with Gasteiger partial charge in [-0.25, -0.2) is 4.79 Å². The maximum Gasteiger partial charge on any atom is 0.353 e. The Hall–Kier alpha value is -1.00. The summed E-state index contributed by atoms with van der Waals surface area (Å²) in [6.45, 7) is 0. The molecule has 3 N–H and O–H groups in total. The van der Waals surface area contributed by atoms with Crippen LogP contribution >= 0.6 is 11.6 Å². The number of hydrogen-bond acceptors (Lipinski definition) is 2. The van der Waals surface area contributed by atoms with Crippen LogP contribution < -0.4 is 0 Å². The number of aromatic amines is 1. The minimum atomic E-state index is -1.09. The molecule has 1 atom stereocenters. The molecule has 70 valence electrons. The number of halogens is 1. The fourth-order valence-electron chi connectivity index (χ4n) is 1.66. The van der Waals surface area contributed by atoms with Crippen LogP contribution in [0, 0.1) is 0 Å². The van der Waals surface area contributed by atoms with Crippen molar-refractivity contribution in [1.29, 1.82) is 0 Å². The van der Waals surface area contributed by atoms with E-state index >= 15 is 0 Å². The van der Waals surface area contributed by atoms with E-state index in [4.69, 9.17) is 16.7 Å². The maximum atomic E-state index is 10.6. The predicted octanol–water partition coefficient (Wildman–Crippen LogP) is 1.35. The largest absolute Gasteiger partial charge is 0.477 e. The van der Waals surface area contributed by atoms with E-state index in [2.05, 4.69) is 4.98 Å². The molecule has 1 aromatic rings. The van der Waals surface area contributed by atoms with Gasteiger partial charge in [-0.05, 0) is 12.8 Å². The highest BCUT2D eigenvalue weighted by Crippen LogP contribution is 2.38. The second kappa shape index (κ2) is 2.75. The molecule has 0 bridgehead atoms. The van der Waals surface area contributed by atoms with Gasteiger partial charge in [-0.15, -0.1) is 0 Å². The molecule has 13 heavy (non-hydrogen) atoms. The number of aromatic nitrogens is 1. The molecule has 0 aliphatic heterocycles. The zero-order valence-electron chi connectivity index (χ0n) is 6.67. The lowest BCUT2D eigenvalue weighted by molar-refractivity contribution is 0.0691. The molecule has 0 unspecified atom stereocenters. The van der Waals surface area contributed by atoms with Gasteiger partial charge in [0.05, 0.1) is 11.1 Å². The molecule has 1 aliphatic rings. The van der Waals surface area contributed by atoms with Crippen LogP contribution in [0.2, 0.25) is 5.02 Å². The van der Waals surface area contributed by atoms with Gasteiger partial charge in [0, 0.05) is 11.3 Å². The van der Waals surface area contributed by atoms with Crippen LogP contribution in [0.4, 0.5) is 0 Å². The number of H-pyrrole nitrogens is 1. The zero-order valence-corrected chi connectivity index (χ0v) is 7.43. The minimum Gasteiger partial charge on any atom is -0.477 e. The number of nitrogens with one attached hydrogen (secondary N) is 1. The van der Waals surface area contributed by atoms with E-state index in [0.29, 0.717) is 18.4 Å². The minimum absolute atomic E-state index is 0.0228. The van der Waals surface area contributed by atoms with E-state index < -0.39 is 12.1 Å². The van der Waals surface area contributed by atoms with Crippen LogP contribution in [-0.4, -0.2) is 21.2 Å². The Kier molecular flexibility index (Phi) is 1.82. The topological polar surface area (TPSA) is 73.3 Å². The number of aliphatic hydroxyl groups is 1. The summed E-state index contributed by atoms with van der Waals surface area (Å²) in [6, 6.07) is 0. The fourth-order valence-corrected chi connectivity index (χ4v) is 2.03. The molecule has 0 radical (unpaired) electrons. The van der Waals surface area contributed by atoms with Crippen LogP contribution in [0.5, 0.6) is 0 Å². The third-order valence-corrected chi connectivity index (χ3v) is 2.66. The highest BCUT2D eigenvalue weighted by atomic mass is 35.5. The Balaban J connectivity index is 2.56. The number of hydrogen-bond donors (Lipinski definition) is 3. The number of fused-ring (bicyclic) bond motifs is 1. The number of aliphatic hydroxyl groups excluding tert-OH is 1. The van der Waals surface area contributed by atoms with Crippen LogP contribution in [-0.2, 0) is 6.42 Å². The summed E-state index contributed by atoms with van der Waals surface area (Å²) in [4.78, 5) is 13.3. The van der Waals surface area contributed by atoms with Crippen LogP contribution in [0.1, 0.15) is 34.3 Å². The lowest BCUT2D eigenvalue weighted by Crippen LogP contribution is -1.99. The average Bonchev–Trinajstić information content (AvgIpc) is 2.55. The van der Waals surface area contributed by atoms with Crippen molar-refractivity contribution in [3.63, 3.8) is 0 Å². The number of aryl methyl sites for hydroxylation is 1. The van der Waals surface area contributed by atoms with Gasteiger partial charge in [0.2, 0.25) is 0 Å². The molecule has 0 saturated carbocycles. The molecule has 1 aromatic heterocycles. The first-order chi connectivity index (χ1) is 6.11. The Bertz CT molecular complexity index is 372. The van der Waals surface area contributed by atoms with Crippen LogP contribution in [0.15, 0.2) is 0 Å². The Morgan fingerprint density at radius 3 is 2.85 bits per heavy atom. The molecule has 4 nitrogen and oxygen atoms in total. The van der Waals surface area contributed by atoms with E-state index in [9.17, 15) is 9.90 Å². The first-order valence-electron chi connectivity index (χ1n) is 3.93. The van der Waals surface area contributed by atoms with Crippen molar-refractivity contribution in [3.05, 3.63) is 22.0 Å². The van der Waals surface area contributed by atoms with E-state index in [1.807, 2.05) is 0 Å². The van der Waals surface area contributed by atoms with Crippen molar-refractivity contribution in [2.45, 2.75) is 18.9 Å². The number of carbonyl (C=O) groups is 1. The summed E-state index contributed by atoms with van der Waals surface area (Å²) >= 11 is 5.79. The second-order valence-corrected chi connectivity index (χ2v) is 3.44. The smallest absolute Gasteiger partial charge is 0.353 e. The van der Waals surface area contributed by atoms with Gasteiger partial charge in [0.25, 0.3) is 0 Å². The van der Waals surface area contributed by atoms with Crippen LogP contribution in [0.3, 0.4) is 0 Å². The lowest BCUT2D eigenvalue weighted by Gasteiger charge is -2.00. The molecule has 1 aliphatic carbocycles. The molecule has 0 amide bonds. The van der Waals surface area contributed by atoms with E-state index in [1.54, 1.807) is 0 Å². The number of carboxylic acids is 1. The molecule has 0 fully saturated rings. The summed E-state index contributed by atoms with van der Waals surface area (Å²) in [5.74, 6) is -1.09. The van der Waals surface area contributed by atoms with Crippen LogP contribution in [0.25, 0.3) is 0 Å². The summed E-state index contributed by atoms with van der Waals surface area (Å²) in [7, 11) is 0. The normalized spacial score (nSPS) is 20.3. The molecule has 1 heterocycles. The first-order valence-corrected chi connectivity index (χ1v) is 4.30. The first kappa shape index (κ1) is 8.59. The molecule has 2 rings (SSSR count). The third-order valence-electron chi connectivity index (χ3n) is 2.27. The Labute approximate surface area is 79.1 Å². The molecular weight excluding hydrogens is 194 g/mol. The van der Waals surface area contributed by atoms with Gasteiger partial charge < -0.3 is 15.2 Å². The van der Waals surface area contributed by atoms with E-state index in [1.165, 1.54) is 0 Å². The van der Waals surface area contributed by atoms with Crippen molar-refractivity contribution in [1.82, 2.24) is 4.98 Å². The number of rotatable bonds is 1. The van der Waals surface area contributed by atoms with Crippen molar-refractivity contribution >= 4 is 17.6 Å². The van der Waals surface area contributed by atoms with Crippen molar-refractivity contribution < 1.29 is 15.0 Å². The van der Waals surface area contributed by atoms with Gasteiger partial charge in [-0.1, -0.05) is 11.6 Å². The van der Waals surface area contributed by atoms with Gasteiger partial charge in [-0.3, -0.25) is 0 Å². The van der Waals surface area contributed by atoms with Gasteiger partial charge in [-0.2, -0.15) is 0 Å². The lowest BCUT2D eigenvalue weighted by atomic mass is 10.2.